The average Bonchev–Trinajstić information content (AvgIpc) is 2.65. The molecule has 0 aromatic rings. The Morgan fingerprint density at radius 2 is 2.27 bits per heavy atom. The Kier molecular flexibility index (Phi) is 3.92. The minimum absolute atomic E-state index is 0.345. The molecule has 0 radical (unpaired) electrons. The van der Waals surface area contributed by atoms with Crippen molar-refractivity contribution in [3.63, 3.8) is 0 Å². The van der Waals surface area contributed by atoms with Crippen LogP contribution in [0.4, 0.5) is 0 Å². The second kappa shape index (κ2) is 5.21. The number of ether oxygens (including phenoxy) is 1. The number of rotatable bonds is 2. The molecule has 1 saturated heterocycles. The Labute approximate surface area is 96.1 Å². The molecule has 0 bridgehead atoms. The van der Waals surface area contributed by atoms with Gasteiger partial charge in [0.1, 0.15) is 0 Å². The van der Waals surface area contributed by atoms with Crippen molar-refractivity contribution in [2.24, 2.45) is 4.99 Å². The largest absolute Gasteiger partial charge is 0.379 e. The third-order valence-corrected chi connectivity index (χ3v) is 4.10. The lowest BCUT2D eigenvalue weighted by Crippen LogP contribution is -2.37. The Hall–Kier alpha value is -0.220. The van der Waals surface area contributed by atoms with Gasteiger partial charge < -0.3 is 10.1 Å². The minimum Gasteiger partial charge on any atom is -0.379 e. The highest BCUT2D eigenvalue weighted by Crippen LogP contribution is 2.26. The Bertz CT molecular complexity index is 245. The topological polar surface area (TPSA) is 33.6 Å². The van der Waals surface area contributed by atoms with Crippen molar-refractivity contribution >= 4 is 16.9 Å². The molecule has 1 heterocycles. The van der Waals surface area contributed by atoms with Crippen molar-refractivity contribution < 1.29 is 4.74 Å². The van der Waals surface area contributed by atoms with E-state index in [-0.39, 0.29) is 0 Å². The molecule has 0 spiro atoms. The lowest BCUT2D eigenvalue weighted by molar-refractivity contribution is 0.0966. The van der Waals surface area contributed by atoms with Gasteiger partial charge in [0, 0.05) is 18.9 Å². The monoisotopic (exact) mass is 228 g/mol. The zero-order valence-corrected chi connectivity index (χ0v) is 10.3. The molecular formula is C11H20N2OS. The highest BCUT2D eigenvalue weighted by Gasteiger charge is 2.27. The van der Waals surface area contributed by atoms with Crippen LogP contribution in [0.15, 0.2) is 4.99 Å². The molecule has 1 saturated carbocycles. The SMILES string of the molecule is COC1CCCC1N=C1NC(C)CCS1. The third kappa shape index (κ3) is 2.88. The summed E-state index contributed by atoms with van der Waals surface area (Å²) in [6.07, 6.45) is 5.18. The molecule has 1 aliphatic heterocycles. The highest BCUT2D eigenvalue weighted by molar-refractivity contribution is 8.13. The van der Waals surface area contributed by atoms with Gasteiger partial charge in [-0.05, 0) is 32.6 Å². The fraction of sp³-hybridized carbons (Fsp3) is 0.909. The van der Waals surface area contributed by atoms with Crippen molar-refractivity contribution in [1.29, 1.82) is 0 Å². The molecule has 3 unspecified atom stereocenters. The van der Waals surface area contributed by atoms with Gasteiger partial charge in [0.05, 0.1) is 12.1 Å². The van der Waals surface area contributed by atoms with E-state index in [1.807, 2.05) is 11.8 Å². The molecule has 2 aliphatic rings. The number of hydrogen-bond donors (Lipinski definition) is 1. The van der Waals surface area contributed by atoms with E-state index in [1.165, 1.54) is 25.0 Å². The van der Waals surface area contributed by atoms with E-state index >= 15 is 0 Å². The maximum atomic E-state index is 5.45. The second-order valence-electron chi connectivity index (χ2n) is 4.39. The van der Waals surface area contributed by atoms with Gasteiger partial charge in [0.2, 0.25) is 0 Å². The first-order valence-electron chi connectivity index (χ1n) is 5.79. The summed E-state index contributed by atoms with van der Waals surface area (Å²) in [5, 5.41) is 4.57. The lowest BCUT2D eigenvalue weighted by atomic mass is 10.2. The zero-order valence-electron chi connectivity index (χ0n) is 9.53. The molecule has 86 valence electrons. The fourth-order valence-corrected chi connectivity index (χ4v) is 3.37. The van der Waals surface area contributed by atoms with Crippen LogP contribution in [0.25, 0.3) is 0 Å². The molecule has 0 aromatic carbocycles. The Morgan fingerprint density at radius 1 is 1.40 bits per heavy atom. The zero-order chi connectivity index (χ0) is 10.7. The van der Waals surface area contributed by atoms with Gasteiger partial charge in [-0.25, -0.2) is 0 Å². The minimum atomic E-state index is 0.345. The van der Waals surface area contributed by atoms with Gasteiger partial charge >= 0.3 is 0 Å². The van der Waals surface area contributed by atoms with E-state index in [4.69, 9.17) is 9.73 Å². The van der Waals surface area contributed by atoms with Gasteiger partial charge in [0.15, 0.2) is 5.17 Å². The van der Waals surface area contributed by atoms with Crippen LogP contribution in [0, 0.1) is 0 Å². The van der Waals surface area contributed by atoms with Crippen LogP contribution in [0.2, 0.25) is 0 Å². The molecule has 0 aromatic heterocycles. The molecule has 0 amide bonds. The van der Waals surface area contributed by atoms with Crippen LogP contribution in [-0.2, 0) is 4.74 Å². The van der Waals surface area contributed by atoms with Crippen molar-refractivity contribution in [3.8, 4) is 0 Å². The summed E-state index contributed by atoms with van der Waals surface area (Å²) in [4.78, 5) is 4.78. The summed E-state index contributed by atoms with van der Waals surface area (Å²) in [6, 6.07) is 0.961. The van der Waals surface area contributed by atoms with Crippen LogP contribution >= 0.6 is 11.8 Å². The van der Waals surface area contributed by atoms with Crippen LogP contribution in [0.1, 0.15) is 32.6 Å². The summed E-state index contributed by atoms with van der Waals surface area (Å²) < 4.78 is 5.45. The fourth-order valence-electron chi connectivity index (χ4n) is 2.21. The molecule has 3 atom stereocenters. The van der Waals surface area contributed by atoms with E-state index in [0.29, 0.717) is 18.2 Å². The van der Waals surface area contributed by atoms with E-state index in [9.17, 15) is 0 Å². The first-order chi connectivity index (χ1) is 7.29. The maximum absolute atomic E-state index is 5.45. The Morgan fingerprint density at radius 3 is 3.00 bits per heavy atom. The van der Waals surface area contributed by atoms with E-state index < -0.39 is 0 Å². The number of nitrogens with zero attached hydrogens (tertiary/aromatic N) is 1. The van der Waals surface area contributed by atoms with Crippen LogP contribution < -0.4 is 5.32 Å². The Balaban J connectivity index is 1.95. The average molecular weight is 228 g/mol. The molecule has 1 aliphatic carbocycles. The second-order valence-corrected chi connectivity index (χ2v) is 5.47. The predicted molar refractivity (Wildman–Crippen MR) is 65.5 cm³/mol. The first kappa shape index (κ1) is 11.3. The van der Waals surface area contributed by atoms with Crippen molar-refractivity contribution in [2.45, 2.75) is 50.8 Å². The summed E-state index contributed by atoms with van der Waals surface area (Å²) in [5.74, 6) is 1.19. The van der Waals surface area contributed by atoms with Crippen molar-refractivity contribution in [1.82, 2.24) is 5.32 Å². The predicted octanol–water partition coefficient (Wildman–Crippen LogP) is 2.02. The lowest BCUT2D eigenvalue weighted by Gasteiger charge is -2.24. The molecule has 2 fully saturated rings. The highest BCUT2D eigenvalue weighted by atomic mass is 32.2. The van der Waals surface area contributed by atoms with Gasteiger partial charge in [-0.15, -0.1) is 0 Å². The van der Waals surface area contributed by atoms with Gasteiger partial charge in [-0.3, -0.25) is 4.99 Å². The molecule has 3 nitrogen and oxygen atoms in total. The number of methoxy groups -OCH3 is 1. The van der Waals surface area contributed by atoms with Gasteiger partial charge in [-0.1, -0.05) is 11.8 Å². The van der Waals surface area contributed by atoms with Crippen molar-refractivity contribution in [2.75, 3.05) is 12.9 Å². The van der Waals surface area contributed by atoms with Crippen LogP contribution in [0.5, 0.6) is 0 Å². The molecule has 4 heteroatoms. The first-order valence-corrected chi connectivity index (χ1v) is 6.78. The molecule has 2 rings (SSSR count). The number of aliphatic imine (C=N–C) groups is 1. The number of nitrogens with one attached hydrogen (secondary N) is 1. The maximum Gasteiger partial charge on any atom is 0.157 e. The molecule has 15 heavy (non-hydrogen) atoms. The van der Waals surface area contributed by atoms with Gasteiger partial charge in [0.25, 0.3) is 0 Å². The number of amidine groups is 1. The summed E-state index contributed by atoms with van der Waals surface area (Å²) in [6.45, 7) is 2.22. The number of thioether (sulfide) groups is 1. The van der Waals surface area contributed by atoms with E-state index in [2.05, 4.69) is 12.2 Å². The summed E-state index contributed by atoms with van der Waals surface area (Å²) in [5.41, 5.74) is 0. The molecular weight excluding hydrogens is 208 g/mol. The standard InChI is InChI=1S/C11H20N2OS/c1-8-6-7-15-11(12-8)13-9-4-3-5-10(9)14-2/h8-10H,3-7H2,1-2H3,(H,12,13). The normalized spacial score (nSPS) is 39.3. The van der Waals surface area contributed by atoms with E-state index in [0.717, 1.165) is 11.6 Å². The summed E-state index contributed by atoms with van der Waals surface area (Å²) >= 11 is 1.85. The number of hydrogen-bond acceptors (Lipinski definition) is 3. The molecule has 1 N–H and O–H groups in total. The van der Waals surface area contributed by atoms with Crippen LogP contribution in [-0.4, -0.2) is 36.2 Å². The summed E-state index contributed by atoms with van der Waals surface area (Å²) in [7, 11) is 1.80. The van der Waals surface area contributed by atoms with Gasteiger partial charge in [-0.2, -0.15) is 0 Å². The van der Waals surface area contributed by atoms with Crippen LogP contribution in [0.3, 0.4) is 0 Å². The quantitative estimate of drug-likeness (QED) is 0.785. The van der Waals surface area contributed by atoms with Crippen molar-refractivity contribution in [3.05, 3.63) is 0 Å². The smallest absolute Gasteiger partial charge is 0.157 e. The third-order valence-electron chi connectivity index (χ3n) is 3.16. The van der Waals surface area contributed by atoms with E-state index in [1.54, 1.807) is 7.11 Å².